The van der Waals surface area contributed by atoms with Crippen molar-refractivity contribution in [2.45, 2.75) is 6.61 Å². The van der Waals surface area contributed by atoms with Gasteiger partial charge in [0.25, 0.3) is 11.8 Å². The fourth-order valence-corrected chi connectivity index (χ4v) is 3.28. The second kappa shape index (κ2) is 12.6. The summed E-state index contributed by atoms with van der Waals surface area (Å²) in [6, 6.07) is 17.2. The SMILES string of the molecule is COc1ccc(C(=O)NCC(=O)NN=Cc2ccccc2OCc2ccc(Cl)c(Cl)c2)cc1OC. The lowest BCUT2D eigenvalue weighted by atomic mass is 10.2. The molecule has 0 radical (unpaired) electrons. The van der Waals surface area contributed by atoms with E-state index in [9.17, 15) is 9.59 Å². The number of halogens is 2. The first kappa shape index (κ1) is 25.9. The topological polar surface area (TPSA) is 98.2 Å². The van der Waals surface area contributed by atoms with Crippen molar-refractivity contribution in [2.75, 3.05) is 20.8 Å². The Hall–Kier alpha value is -3.75. The predicted octanol–water partition coefficient (Wildman–Crippen LogP) is 4.47. The molecule has 0 aliphatic carbocycles. The van der Waals surface area contributed by atoms with Crippen molar-refractivity contribution >= 4 is 41.2 Å². The van der Waals surface area contributed by atoms with Crippen LogP contribution in [-0.4, -0.2) is 38.8 Å². The number of hydrogen-bond acceptors (Lipinski definition) is 6. The number of nitrogens with zero attached hydrogens (tertiary/aromatic N) is 1. The van der Waals surface area contributed by atoms with Crippen LogP contribution in [0.4, 0.5) is 0 Å². The summed E-state index contributed by atoms with van der Waals surface area (Å²) in [5.74, 6) is 0.542. The van der Waals surface area contributed by atoms with Crippen LogP contribution in [0.2, 0.25) is 10.0 Å². The zero-order valence-electron chi connectivity index (χ0n) is 19.0. The Morgan fingerprint density at radius 3 is 2.43 bits per heavy atom. The molecule has 0 fully saturated rings. The number of benzene rings is 3. The van der Waals surface area contributed by atoms with Crippen LogP contribution >= 0.6 is 23.2 Å². The first-order valence-corrected chi connectivity index (χ1v) is 11.1. The summed E-state index contributed by atoms with van der Waals surface area (Å²) in [5.41, 5.74) is 4.21. The van der Waals surface area contributed by atoms with E-state index in [4.69, 9.17) is 37.4 Å². The van der Waals surface area contributed by atoms with Gasteiger partial charge in [-0.05, 0) is 48.0 Å². The van der Waals surface area contributed by atoms with Crippen LogP contribution in [0.1, 0.15) is 21.5 Å². The minimum absolute atomic E-state index is 0.264. The zero-order chi connectivity index (χ0) is 25.2. The molecule has 3 aromatic carbocycles. The quantitative estimate of drug-likeness (QED) is 0.306. The number of hydrogen-bond donors (Lipinski definition) is 2. The average molecular weight is 516 g/mol. The summed E-state index contributed by atoms with van der Waals surface area (Å²) in [7, 11) is 2.98. The van der Waals surface area contributed by atoms with Crippen molar-refractivity contribution in [1.82, 2.24) is 10.7 Å². The molecule has 0 atom stereocenters. The largest absolute Gasteiger partial charge is 0.493 e. The molecule has 2 N–H and O–H groups in total. The fraction of sp³-hybridized carbons (Fsp3) is 0.160. The van der Waals surface area contributed by atoms with E-state index in [0.29, 0.717) is 38.4 Å². The summed E-state index contributed by atoms with van der Waals surface area (Å²) in [5, 5.41) is 7.40. The highest BCUT2D eigenvalue weighted by Crippen LogP contribution is 2.27. The van der Waals surface area contributed by atoms with Crippen LogP contribution < -0.4 is 25.0 Å². The Morgan fingerprint density at radius 2 is 1.69 bits per heavy atom. The molecule has 0 saturated heterocycles. The zero-order valence-corrected chi connectivity index (χ0v) is 20.5. The number of methoxy groups -OCH3 is 2. The van der Waals surface area contributed by atoms with Crippen molar-refractivity contribution in [1.29, 1.82) is 0 Å². The van der Waals surface area contributed by atoms with Gasteiger partial charge in [-0.15, -0.1) is 0 Å². The van der Waals surface area contributed by atoms with Gasteiger partial charge in [0.15, 0.2) is 11.5 Å². The monoisotopic (exact) mass is 515 g/mol. The minimum Gasteiger partial charge on any atom is -0.493 e. The Kier molecular flexibility index (Phi) is 9.34. The Labute approximate surface area is 212 Å². The summed E-state index contributed by atoms with van der Waals surface area (Å²) < 4.78 is 16.2. The molecule has 182 valence electrons. The van der Waals surface area contributed by atoms with E-state index in [0.717, 1.165) is 5.56 Å². The van der Waals surface area contributed by atoms with Crippen LogP contribution in [-0.2, 0) is 11.4 Å². The van der Waals surface area contributed by atoms with E-state index in [1.165, 1.54) is 26.5 Å². The third-order valence-corrected chi connectivity index (χ3v) is 5.48. The van der Waals surface area contributed by atoms with E-state index in [1.807, 2.05) is 18.2 Å². The molecular weight excluding hydrogens is 493 g/mol. The van der Waals surface area contributed by atoms with E-state index >= 15 is 0 Å². The van der Waals surface area contributed by atoms with Crippen molar-refractivity contribution in [2.24, 2.45) is 5.10 Å². The molecule has 0 heterocycles. The van der Waals surface area contributed by atoms with E-state index in [2.05, 4.69) is 15.8 Å². The van der Waals surface area contributed by atoms with Gasteiger partial charge in [-0.25, -0.2) is 5.43 Å². The van der Waals surface area contributed by atoms with Crippen LogP contribution in [0, 0.1) is 0 Å². The number of amides is 2. The molecule has 3 rings (SSSR count). The molecule has 0 aliphatic rings. The number of nitrogens with one attached hydrogen (secondary N) is 2. The summed E-state index contributed by atoms with van der Waals surface area (Å²) in [4.78, 5) is 24.4. The highest BCUT2D eigenvalue weighted by Gasteiger charge is 2.12. The highest BCUT2D eigenvalue weighted by molar-refractivity contribution is 6.42. The number of ether oxygens (including phenoxy) is 3. The van der Waals surface area contributed by atoms with Gasteiger partial charge in [-0.3, -0.25) is 9.59 Å². The predicted molar refractivity (Wildman–Crippen MR) is 135 cm³/mol. The lowest BCUT2D eigenvalue weighted by Crippen LogP contribution is -2.34. The molecule has 8 nitrogen and oxygen atoms in total. The highest BCUT2D eigenvalue weighted by atomic mass is 35.5. The van der Waals surface area contributed by atoms with E-state index < -0.39 is 11.8 Å². The van der Waals surface area contributed by atoms with Crippen LogP contribution in [0.15, 0.2) is 65.8 Å². The summed E-state index contributed by atoms with van der Waals surface area (Å²) in [6.45, 7) is 0.0102. The van der Waals surface area contributed by atoms with Crippen molar-refractivity contribution < 1.29 is 23.8 Å². The molecule has 0 saturated carbocycles. The van der Waals surface area contributed by atoms with Gasteiger partial charge >= 0.3 is 0 Å². The fourth-order valence-electron chi connectivity index (χ4n) is 2.96. The molecule has 10 heteroatoms. The summed E-state index contributed by atoms with van der Waals surface area (Å²) >= 11 is 12.0. The number of hydrazone groups is 1. The molecule has 0 aromatic heterocycles. The van der Waals surface area contributed by atoms with Crippen molar-refractivity contribution in [3.8, 4) is 17.2 Å². The minimum atomic E-state index is -0.496. The molecule has 0 spiro atoms. The molecular formula is C25H23Cl2N3O5. The normalized spacial score (nSPS) is 10.6. The second-order valence-electron chi connectivity index (χ2n) is 7.12. The lowest BCUT2D eigenvalue weighted by molar-refractivity contribution is -0.120. The number of rotatable bonds is 10. The smallest absolute Gasteiger partial charge is 0.259 e. The van der Waals surface area contributed by atoms with E-state index in [1.54, 1.807) is 36.4 Å². The van der Waals surface area contributed by atoms with Gasteiger partial charge in [-0.1, -0.05) is 41.4 Å². The maximum Gasteiger partial charge on any atom is 0.259 e. The maximum absolute atomic E-state index is 12.3. The van der Waals surface area contributed by atoms with Gasteiger partial charge in [0, 0.05) is 11.1 Å². The first-order chi connectivity index (χ1) is 16.9. The molecule has 2 amide bonds. The third kappa shape index (κ3) is 7.37. The van der Waals surface area contributed by atoms with Gasteiger partial charge in [0.1, 0.15) is 12.4 Å². The molecule has 0 bridgehead atoms. The Morgan fingerprint density at radius 1 is 0.914 bits per heavy atom. The maximum atomic E-state index is 12.3. The van der Waals surface area contributed by atoms with Crippen LogP contribution in [0.5, 0.6) is 17.2 Å². The van der Waals surface area contributed by atoms with Crippen molar-refractivity contribution in [3.05, 3.63) is 87.4 Å². The molecule has 35 heavy (non-hydrogen) atoms. The first-order valence-electron chi connectivity index (χ1n) is 10.4. The van der Waals surface area contributed by atoms with Crippen LogP contribution in [0.3, 0.4) is 0 Å². The van der Waals surface area contributed by atoms with Gasteiger partial charge < -0.3 is 19.5 Å². The average Bonchev–Trinajstić information content (AvgIpc) is 2.88. The Balaban J connectivity index is 1.52. The Bertz CT molecular complexity index is 1230. The number of carbonyl (C=O) groups is 2. The standard InChI is InChI=1S/C25H23Cl2N3O5/c1-33-22-10-8-17(12-23(22)34-2)25(32)28-14-24(31)30-29-13-18-5-3-4-6-21(18)35-15-16-7-9-19(26)20(27)11-16/h3-13H,14-15H2,1-2H3,(H,28,32)(H,30,31). The number of para-hydroxylation sites is 1. The van der Waals surface area contributed by atoms with E-state index in [-0.39, 0.29) is 13.2 Å². The lowest BCUT2D eigenvalue weighted by Gasteiger charge is -2.10. The van der Waals surface area contributed by atoms with Gasteiger partial charge in [0.05, 0.1) is 37.0 Å². The molecule has 0 unspecified atom stereocenters. The number of carbonyl (C=O) groups excluding carboxylic acids is 2. The summed E-state index contributed by atoms with van der Waals surface area (Å²) in [6.07, 6.45) is 1.46. The molecule has 3 aromatic rings. The van der Waals surface area contributed by atoms with Crippen molar-refractivity contribution in [3.63, 3.8) is 0 Å². The third-order valence-electron chi connectivity index (χ3n) is 4.75. The molecule has 0 aliphatic heterocycles. The van der Waals surface area contributed by atoms with Gasteiger partial charge in [-0.2, -0.15) is 5.10 Å². The van der Waals surface area contributed by atoms with Gasteiger partial charge in [0.2, 0.25) is 0 Å². The van der Waals surface area contributed by atoms with Crippen LogP contribution in [0.25, 0.3) is 0 Å². The second-order valence-corrected chi connectivity index (χ2v) is 7.93.